The third kappa shape index (κ3) is 7.77. The minimum atomic E-state index is 0.387. The van der Waals surface area contributed by atoms with Gasteiger partial charge in [0.25, 0.3) is 0 Å². The van der Waals surface area contributed by atoms with Crippen molar-refractivity contribution in [2.45, 2.75) is 46.7 Å². The molecule has 0 aliphatic rings. The second kappa shape index (κ2) is 9.13. The first-order valence-electron chi connectivity index (χ1n) is 6.03. The van der Waals surface area contributed by atoms with Crippen molar-refractivity contribution in [3.05, 3.63) is 0 Å². The summed E-state index contributed by atoms with van der Waals surface area (Å²) in [6.45, 7) is 13.7. The summed E-state index contributed by atoms with van der Waals surface area (Å²) >= 11 is 0. The van der Waals surface area contributed by atoms with Crippen molar-refractivity contribution in [3.63, 3.8) is 0 Å². The maximum Gasteiger partial charge on any atom is 0.0622 e. The van der Waals surface area contributed by atoms with Crippen molar-refractivity contribution in [3.8, 4) is 0 Å². The van der Waals surface area contributed by atoms with Gasteiger partial charge in [-0.2, -0.15) is 0 Å². The van der Waals surface area contributed by atoms with E-state index in [1.165, 1.54) is 0 Å². The molecule has 0 aromatic rings. The summed E-state index contributed by atoms with van der Waals surface area (Å²) in [5.41, 5.74) is 0. The highest BCUT2D eigenvalue weighted by atomic mass is 16.5. The number of ether oxygens (including phenoxy) is 2. The lowest BCUT2D eigenvalue weighted by molar-refractivity contribution is 0.0846. The molecule has 0 heterocycles. The molecule has 0 aromatic heterocycles. The lowest BCUT2D eigenvalue weighted by atomic mass is 10.0. The number of hydrogen-bond donors (Lipinski definition) is 1. The zero-order valence-electron chi connectivity index (χ0n) is 10.9. The lowest BCUT2D eigenvalue weighted by Gasteiger charge is -2.26. The van der Waals surface area contributed by atoms with Gasteiger partial charge in [-0.15, -0.1) is 0 Å². The van der Waals surface area contributed by atoms with Gasteiger partial charge in [0.05, 0.1) is 13.2 Å². The van der Waals surface area contributed by atoms with E-state index >= 15 is 0 Å². The SMILES string of the molecule is CCOCC(C)NC(COCC)C(C)C. The smallest absolute Gasteiger partial charge is 0.0622 e. The third-order valence-corrected chi connectivity index (χ3v) is 2.38. The Morgan fingerprint density at radius 1 is 0.933 bits per heavy atom. The minimum absolute atomic E-state index is 0.387. The number of hydrogen-bond acceptors (Lipinski definition) is 3. The van der Waals surface area contributed by atoms with Gasteiger partial charge in [0.2, 0.25) is 0 Å². The van der Waals surface area contributed by atoms with Gasteiger partial charge in [-0.3, -0.25) is 0 Å². The second-order valence-corrected chi connectivity index (χ2v) is 4.24. The molecule has 0 spiro atoms. The van der Waals surface area contributed by atoms with Gasteiger partial charge in [0.15, 0.2) is 0 Å². The van der Waals surface area contributed by atoms with Gasteiger partial charge in [-0.25, -0.2) is 0 Å². The zero-order valence-corrected chi connectivity index (χ0v) is 10.9. The molecule has 0 fully saturated rings. The van der Waals surface area contributed by atoms with E-state index in [-0.39, 0.29) is 0 Å². The molecule has 3 heteroatoms. The largest absolute Gasteiger partial charge is 0.380 e. The van der Waals surface area contributed by atoms with Crippen LogP contribution in [0.1, 0.15) is 34.6 Å². The normalized spacial score (nSPS) is 15.6. The first-order chi connectivity index (χ1) is 7.11. The summed E-state index contributed by atoms with van der Waals surface area (Å²) in [6, 6.07) is 0.804. The summed E-state index contributed by atoms with van der Waals surface area (Å²) in [5, 5.41) is 3.54. The van der Waals surface area contributed by atoms with E-state index in [1.54, 1.807) is 0 Å². The first-order valence-corrected chi connectivity index (χ1v) is 6.03. The highest BCUT2D eigenvalue weighted by Crippen LogP contribution is 2.03. The predicted molar refractivity (Wildman–Crippen MR) is 64.2 cm³/mol. The van der Waals surface area contributed by atoms with Crippen LogP contribution in [0.15, 0.2) is 0 Å². The molecule has 0 aliphatic carbocycles. The van der Waals surface area contributed by atoms with Gasteiger partial charge in [0.1, 0.15) is 0 Å². The van der Waals surface area contributed by atoms with Crippen LogP contribution in [0.3, 0.4) is 0 Å². The van der Waals surface area contributed by atoms with Gasteiger partial charge in [-0.1, -0.05) is 13.8 Å². The number of rotatable bonds is 9. The Balaban J connectivity index is 3.81. The van der Waals surface area contributed by atoms with E-state index < -0.39 is 0 Å². The highest BCUT2D eigenvalue weighted by Gasteiger charge is 2.15. The summed E-state index contributed by atoms with van der Waals surface area (Å²) < 4.78 is 10.8. The van der Waals surface area contributed by atoms with Crippen LogP contribution in [-0.4, -0.2) is 38.5 Å². The van der Waals surface area contributed by atoms with Crippen molar-refractivity contribution in [1.82, 2.24) is 5.32 Å². The molecule has 0 saturated carbocycles. The average molecular weight is 217 g/mol. The standard InChI is InChI=1S/C12H27NO2/c1-6-14-8-11(5)13-12(10(3)4)9-15-7-2/h10-13H,6-9H2,1-5H3. The van der Waals surface area contributed by atoms with Crippen LogP contribution in [-0.2, 0) is 9.47 Å². The van der Waals surface area contributed by atoms with Crippen LogP contribution in [0.25, 0.3) is 0 Å². The molecule has 0 saturated heterocycles. The Morgan fingerprint density at radius 2 is 1.47 bits per heavy atom. The Labute approximate surface area is 94.5 Å². The topological polar surface area (TPSA) is 30.5 Å². The predicted octanol–water partition coefficient (Wildman–Crippen LogP) is 2.06. The number of nitrogens with one attached hydrogen (secondary N) is 1. The Bertz CT molecular complexity index is 140. The van der Waals surface area contributed by atoms with Crippen LogP contribution in [0, 0.1) is 5.92 Å². The summed E-state index contributed by atoms with van der Waals surface area (Å²) in [4.78, 5) is 0. The van der Waals surface area contributed by atoms with E-state index in [4.69, 9.17) is 9.47 Å². The van der Waals surface area contributed by atoms with Crippen LogP contribution in [0.2, 0.25) is 0 Å². The fourth-order valence-electron chi connectivity index (χ4n) is 1.39. The van der Waals surface area contributed by atoms with E-state index in [0.29, 0.717) is 18.0 Å². The minimum Gasteiger partial charge on any atom is -0.380 e. The van der Waals surface area contributed by atoms with Crippen LogP contribution in [0.5, 0.6) is 0 Å². The van der Waals surface area contributed by atoms with Crippen molar-refractivity contribution >= 4 is 0 Å². The molecule has 2 atom stereocenters. The molecule has 0 bridgehead atoms. The third-order valence-electron chi connectivity index (χ3n) is 2.38. The van der Waals surface area contributed by atoms with Crippen molar-refractivity contribution < 1.29 is 9.47 Å². The van der Waals surface area contributed by atoms with Crippen LogP contribution >= 0.6 is 0 Å². The molecular weight excluding hydrogens is 190 g/mol. The second-order valence-electron chi connectivity index (χ2n) is 4.24. The molecule has 3 nitrogen and oxygen atoms in total. The highest BCUT2D eigenvalue weighted by molar-refractivity contribution is 4.73. The fourth-order valence-corrected chi connectivity index (χ4v) is 1.39. The molecule has 0 rings (SSSR count). The Kier molecular flexibility index (Phi) is 9.06. The van der Waals surface area contributed by atoms with Crippen LogP contribution in [0.4, 0.5) is 0 Å². The Hall–Kier alpha value is -0.120. The molecule has 0 amide bonds. The van der Waals surface area contributed by atoms with Crippen molar-refractivity contribution in [2.75, 3.05) is 26.4 Å². The maximum absolute atomic E-state index is 5.46. The van der Waals surface area contributed by atoms with E-state index in [2.05, 4.69) is 26.1 Å². The zero-order chi connectivity index (χ0) is 11.7. The quantitative estimate of drug-likeness (QED) is 0.641. The fraction of sp³-hybridized carbons (Fsp3) is 1.00. The van der Waals surface area contributed by atoms with E-state index in [0.717, 1.165) is 26.4 Å². The van der Waals surface area contributed by atoms with Crippen molar-refractivity contribution in [1.29, 1.82) is 0 Å². The van der Waals surface area contributed by atoms with Crippen molar-refractivity contribution in [2.24, 2.45) is 5.92 Å². The molecule has 0 aliphatic heterocycles. The van der Waals surface area contributed by atoms with Gasteiger partial charge in [0, 0.05) is 25.3 Å². The maximum atomic E-state index is 5.46. The lowest BCUT2D eigenvalue weighted by Crippen LogP contribution is -2.45. The van der Waals surface area contributed by atoms with Crippen LogP contribution < -0.4 is 5.32 Å². The summed E-state index contributed by atoms with van der Waals surface area (Å²) in [7, 11) is 0. The van der Waals surface area contributed by atoms with Gasteiger partial charge in [-0.05, 0) is 26.7 Å². The summed E-state index contributed by atoms with van der Waals surface area (Å²) in [5.74, 6) is 0.584. The molecular formula is C12H27NO2. The molecule has 15 heavy (non-hydrogen) atoms. The molecule has 2 unspecified atom stereocenters. The summed E-state index contributed by atoms with van der Waals surface area (Å²) in [6.07, 6.45) is 0. The molecule has 0 aromatic carbocycles. The first kappa shape index (κ1) is 14.9. The van der Waals surface area contributed by atoms with E-state index in [1.807, 2.05) is 13.8 Å². The molecule has 1 N–H and O–H groups in total. The van der Waals surface area contributed by atoms with E-state index in [9.17, 15) is 0 Å². The van der Waals surface area contributed by atoms with Gasteiger partial charge < -0.3 is 14.8 Å². The average Bonchev–Trinajstić information content (AvgIpc) is 2.20. The van der Waals surface area contributed by atoms with Gasteiger partial charge >= 0.3 is 0 Å². The monoisotopic (exact) mass is 217 g/mol. The Morgan fingerprint density at radius 3 is 1.93 bits per heavy atom. The molecule has 92 valence electrons. The molecule has 0 radical (unpaired) electrons.